The van der Waals surface area contributed by atoms with E-state index in [2.05, 4.69) is 11.1 Å². The Hall–Kier alpha value is -3.57. The number of carboxylic acid groups (broad SMARTS) is 1. The number of nitriles is 1. The fourth-order valence-electron chi connectivity index (χ4n) is 4.01. The zero-order valence-corrected chi connectivity index (χ0v) is 17.3. The van der Waals surface area contributed by atoms with Gasteiger partial charge in [0.15, 0.2) is 0 Å². The van der Waals surface area contributed by atoms with Gasteiger partial charge in [0.1, 0.15) is 5.75 Å². The number of carbonyl (C=O) groups is 1. The molecular formula is C22H23N3O5. The smallest absolute Gasteiger partial charge is 0.333 e. The molecular weight excluding hydrogens is 386 g/mol. The lowest BCUT2D eigenvalue weighted by molar-refractivity contribution is -0.133. The molecule has 0 amide bonds. The van der Waals surface area contributed by atoms with Crippen LogP contribution in [0.15, 0.2) is 40.5 Å². The van der Waals surface area contributed by atoms with Crippen molar-refractivity contribution in [2.24, 2.45) is 0 Å². The third-order valence-corrected chi connectivity index (χ3v) is 5.33. The third-order valence-electron chi connectivity index (χ3n) is 5.33. The number of carboxylic acids is 1. The van der Waals surface area contributed by atoms with Gasteiger partial charge < -0.3 is 24.5 Å². The molecule has 8 heteroatoms. The minimum absolute atomic E-state index is 0.127. The molecule has 3 rings (SSSR count). The van der Waals surface area contributed by atoms with Crippen molar-refractivity contribution >= 4 is 17.3 Å². The fourth-order valence-corrected chi connectivity index (χ4v) is 4.01. The van der Waals surface area contributed by atoms with E-state index in [4.69, 9.17) is 9.47 Å². The number of benzene rings is 1. The number of aromatic amines is 1. The van der Waals surface area contributed by atoms with Gasteiger partial charge in [-0.05, 0) is 38.0 Å². The van der Waals surface area contributed by atoms with E-state index in [1.54, 1.807) is 36.2 Å². The van der Waals surface area contributed by atoms with Crippen LogP contribution < -0.4 is 15.2 Å². The molecule has 0 spiro atoms. The summed E-state index contributed by atoms with van der Waals surface area (Å²) in [6, 6.07) is 6.98. The summed E-state index contributed by atoms with van der Waals surface area (Å²) in [4.78, 5) is 29.6. The van der Waals surface area contributed by atoms with Gasteiger partial charge in [-0.15, -0.1) is 0 Å². The largest absolute Gasteiger partial charge is 0.495 e. The average Bonchev–Trinajstić information content (AvgIpc) is 2.73. The molecule has 2 heterocycles. The number of hydrogen-bond donors (Lipinski definition) is 2. The number of aliphatic carboxylic acids is 1. The number of aromatic nitrogens is 1. The van der Waals surface area contributed by atoms with Gasteiger partial charge in [0, 0.05) is 43.2 Å². The van der Waals surface area contributed by atoms with E-state index in [0.29, 0.717) is 47.0 Å². The monoisotopic (exact) mass is 409 g/mol. The second-order valence-electron chi connectivity index (χ2n) is 7.04. The van der Waals surface area contributed by atoms with Gasteiger partial charge in [-0.25, -0.2) is 4.79 Å². The number of nitrogens with zero attached hydrogens (tertiary/aromatic N) is 2. The number of pyridine rings is 1. The van der Waals surface area contributed by atoms with Gasteiger partial charge in [-0.2, -0.15) is 5.26 Å². The second kappa shape index (κ2) is 8.43. The van der Waals surface area contributed by atoms with Gasteiger partial charge in [-0.1, -0.05) is 0 Å². The Balaban J connectivity index is 2.38. The van der Waals surface area contributed by atoms with E-state index < -0.39 is 11.9 Å². The highest BCUT2D eigenvalue weighted by Crippen LogP contribution is 2.48. The topological polar surface area (TPSA) is 116 Å². The predicted octanol–water partition coefficient (Wildman–Crippen LogP) is 3.19. The van der Waals surface area contributed by atoms with E-state index >= 15 is 0 Å². The highest BCUT2D eigenvalue weighted by Gasteiger charge is 2.38. The minimum atomic E-state index is -1.10. The second-order valence-corrected chi connectivity index (χ2v) is 7.04. The molecule has 0 fully saturated rings. The Bertz CT molecular complexity index is 1130. The highest BCUT2D eigenvalue weighted by atomic mass is 16.5. The SMILES string of the molecule is COCCC1C(C(=O)O)=C(C)N(c2ccc(C#N)cc2OC)c2c(C)c[nH]c(=O)c21. The molecule has 1 atom stereocenters. The summed E-state index contributed by atoms with van der Waals surface area (Å²) in [6.07, 6.45) is 1.96. The summed E-state index contributed by atoms with van der Waals surface area (Å²) in [5.74, 6) is -1.32. The van der Waals surface area contributed by atoms with Crippen molar-refractivity contribution < 1.29 is 19.4 Å². The van der Waals surface area contributed by atoms with Gasteiger partial charge in [0.2, 0.25) is 0 Å². The maximum Gasteiger partial charge on any atom is 0.333 e. The highest BCUT2D eigenvalue weighted by molar-refractivity contribution is 5.95. The van der Waals surface area contributed by atoms with Crippen LogP contribution in [-0.4, -0.2) is 36.9 Å². The number of allylic oxidation sites excluding steroid dienone is 1. The molecule has 30 heavy (non-hydrogen) atoms. The molecule has 1 aromatic heterocycles. The van der Waals surface area contributed by atoms with E-state index in [9.17, 15) is 20.0 Å². The number of nitrogens with one attached hydrogen (secondary N) is 1. The molecule has 1 aliphatic rings. The molecule has 0 radical (unpaired) electrons. The van der Waals surface area contributed by atoms with Crippen LogP contribution >= 0.6 is 0 Å². The lowest BCUT2D eigenvalue weighted by Crippen LogP contribution is -2.34. The Labute approximate surface area is 174 Å². The summed E-state index contributed by atoms with van der Waals surface area (Å²) in [5, 5.41) is 19.2. The van der Waals surface area contributed by atoms with Crippen LogP contribution in [0, 0.1) is 18.3 Å². The maximum absolute atomic E-state index is 12.9. The standard InChI is InChI=1S/C22H23N3O5/c1-12-11-24-21(26)19-15(7-8-29-3)18(22(27)28)13(2)25(20(12)19)16-6-5-14(10-23)9-17(16)30-4/h5-6,9,11,15H,7-8H2,1-4H3,(H,24,26)(H,27,28). The van der Waals surface area contributed by atoms with Crippen LogP contribution in [0.1, 0.15) is 36.0 Å². The van der Waals surface area contributed by atoms with Gasteiger partial charge in [-0.3, -0.25) is 4.79 Å². The zero-order valence-electron chi connectivity index (χ0n) is 17.3. The van der Waals surface area contributed by atoms with Crippen LogP contribution in [0.5, 0.6) is 5.75 Å². The minimum Gasteiger partial charge on any atom is -0.495 e. The van der Waals surface area contributed by atoms with Crippen molar-refractivity contribution in [2.45, 2.75) is 26.2 Å². The third kappa shape index (κ3) is 3.44. The first-order chi connectivity index (χ1) is 14.3. The van der Waals surface area contributed by atoms with Crippen molar-refractivity contribution in [3.05, 3.63) is 62.7 Å². The molecule has 0 saturated carbocycles. The lowest BCUT2D eigenvalue weighted by Gasteiger charge is -2.38. The Morgan fingerprint density at radius 2 is 2.07 bits per heavy atom. The Morgan fingerprint density at radius 1 is 1.33 bits per heavy atom. The van der Waals surface area contributed by atoms with Gasteiger partial charge in [0.05, 0.1) is 35.7 Å². The molecule has 1 aliphatic heterocycles. The van der Waals surface area contributed by atoms with Crippen LogP contribution in [-0.2, 0) is 9.53 Å². The van der Waals surface area contributed by atoms with Gasteiger partial charge >= 0.3 is 5.97 Å². The van der Waals surface area contributed by atoms with E-state index in [-0.39, 0.29) is 11.1 Å². The van der Waals surface area contributed by atoms with Crippen molar-refractivity contribution in [2.75, 3.05) is 25.7 Å². The molecule has 8 nitrogen and oxygen atoms in total. The number of ether oxygens (including phenoxy) is 2. The molecule has 0 bridgehead atoms. The normalized spacial score (nSPS) is 15.6. The average molecular weight is 409 g/mol. The van der Waals surface area contributed by atoms with Crippen LogP contribution in [0.25, 0.3) is 0 Å². The molecule has 0 aliphatic carbocycles. The summed E-state index contributed by atoms with van der Waals surface area (Å²) in [6.45, 7) is 3.87. The van der Waals surface area contributed by atoms with Crippen molar-refractivity contribution in [1.82, 2.24) is 4.98 Å². The first kappa shape index (κ1) is 21.1. The van der Waals surface area contributed by atoms with E-state index in [0.717, 1.165) is 5.56 Å². The summed E-state index contributed by atoms with van der Waals surface area (Å²) < 4.78 is 10.7. The quantitative estimate of drug-likeness (QED) is 0.753. The lowest BCUT2D eigenvalue weighted by atomic mass is 9.82. The molecule has 1 aromatic carbocycles. The Morgan fingerprint density at radius 3 is 2.67 bits per heavy atom. The summed E-state index contributed by atoms with van der Waals surface area (Å²) in [5.41, 5.74) is 2.99. The number of H-pyrrole nitrogens is 1. The van der Waals surface area contributed by atoms with E-state index in [1.807, 2.05) is 6.92 Å². The molecule has 2 aromatic rings. The predicted molar refractivity (Wildman–Crippen MR) is 111 cm³/mol. The zero-order chi connectivity index (χ0) is 22.0. The summed E-state index contributed by atoms with van der Waals surface area (Å²) in [7, 11) is 3.02. The first-order valence-electron chi connectivity index (χ1n) is 9.39. The summed E-state index contributed by atoms with van der Waals surface area (Å²) >= 11 is 0. The fraction of sp³-hybridized carbons (Fsp3) is 0.318. The van der Waals surface area contributed by atoms with Crippen molar-refractivity contribution in [3.8, 4) is 11.8 Å². The van der Waals surface area contributed by atoms with Gasteiger partial charge in [0.25, 0.3) is 5.56 Å². The number of methoxy groups -OCH3 is 2. The molecule has 2 N–H and O–H groups in total. The van der Waals surface area contributed by atoms with Crippen LogP contribution in [0.2, 0.25) is 0 Å². The number of anilines is 2. The number of rotatable bonds is 6. The number of aryl methyl sites for hydroxylation is 1. The van der Waals surface area contributed by atoms with Crippen molar-refractivity contribution in [3.63, 3.8) is 0 Å². The molecule has 1 unspecified atom stereocenters. The number of hydrogen-bond acceptors (Lipinski definition) is 6. The Kier molecular flexibility index (Phi) is 5.94. The first-order valence-corrected chi connectivity index (χ1v) is 9.39. The molecule has 156 valence electrons. The van der Waals surface area contributed by atoms with Crippen LogP contribution in [0.4, 0.5) is 11.4 Å². The number of fused-ring (bicyclic) bond motifs is 1. The molecule has 0 saturated heterocycles. The maximum atomic E-state index is 12.9. The van der Waals surface area contributed by atoms with Crippen LogP contribution in [0.3, 0.4) is 0 Å². The van der Waals surface area contributed by atoms with Crippen molar-refractivity contribution in [1.29, 1.82) is 5.26 Å². The van der Waals surface area contributed by atoms with E-state index in [1.165, 1.54) is 14.2 Å².